The average Bonchev–Trinajstić information content (AvgIpc) is 2.75. The largest absolute Gasteiger partial charge is 0.385 e. The van der Waals surface area contributed by atoms with Gasteiger partial charge in [0.2, 0.25) is 10.0 Å². The van der Waals surface area contributed by atoms with Gasteiger partial charge in [0.05, 0.1) is 5.56 Å². The number of hydrogen-bond acceptors (Lipinski definition) is 5. The molecule has 3 N–H and O–H groups in total. The molecule has 8 heteroatoms. The SMILES string of the molecule is COCCC(C)(C)CNC(=O)c1csc(S(N)(=O)=O)c1C. The van der Waals surface area contributed by atoms with Crippen molar-refractivity contribution in [3.05, 3.63) is 16.5 Å². The highest BCUT2D eigenvalue weighted by Crippen LogP contribution is 2.26. The minimum atomic E-state index is -3.78. The van der Waals surface area contributed by atoms with Gasteiger partial charge in [-0.15, -0.1) is 11.3 Å². The van der Waals surface area contributed by atoms with Crippen molar-refractivity contribution >= 4 is 27.3 Å². The lowest BCUT2D eigenvalue weighted by Gasteiger charge is -2.24. The Labute approximate surface area is 129 Å². The first-order valence-corrected chi connectivity index (χ1v) is 8.89. The van der Waals surface area contributed by atoms with Gasteiger partial charge in [0.25, 0.3) is 5.91 Å². The van der Waals surface area contributed by atoms with E-state index in [0.717, 1.165) is 17.8 Å². The Balaban J connectivity index is 2.76. The number of sulfonamides is 1. The van der Waals surface area contributed by atoms with Gasteiger partial charge < -0.3 is 10.1 Å². The summed E-state index contributed by atoms with van der Waals surface area (Å²) in [6.07, 6.45) is 0.814. The molecule has 0 aliphatic heterocycles. The topological polar surface area (TPSA) is 98.5 Å². The summed E-state index contributed by atoms with van der Waals surface area (Å²) in [5.74, 6) is -0.288. The van der Waals surface area contributed by atoms with E-state index in [-0.39, 0.29) is 15.5 Å². The van der Waals surface area contributed by atoms with Gasteiger partial charge in [-0.25, -0.2) is 13.6 Å². The van der Waals surface area contributed by atoms with E-state index in [4.69, 9.17) is 9.88 Å². The van der Waals surface area contributed by atoms with Gasteiger partial charge in [-0.3, -0.25) is 4.79 Å². The van der Waals surface area contributed by atoms with Gasteiger partial charge in [0.15, 0.2) is 0 Å². The molecule has 0 aliphatic rings. The fourth-order valence-corrected chi connectivity index (χ4v) is 3.80. The molecule has 0 unspecified atom stereocenters. The van der Waals surface area contributed by atoms with Crippen molar-refractivity contribution in [3.63, 3.8) is 0 Å². The molecular formula is C13H22N2O4S2. The Morgan fingerprint density at radius 1 is 1.48 bits per heavy atom. The number of nitrogens with two attached hydrogens (primary N) is 1. The Bertz CT molecular complexity index is 606. The molecule has 0 spiro atoms. The second kappa shape index (κ2) is 6.87. The van der Waals surface area contributed by atoms with Crippen LogP contribution in [0.25, 0.3) is 0 Å². The first kappa shape index (κ1) is 18.1. The number of nitrogens with one attached hydrogen (secondary N) is 1. The summed E-state index contributed by atoms with van der Waals surface area (Å²) in [4.78, 5) is 12.2. The Hall–Kier alpha value is -0.960. The molecule has 1 rings (SSSR count). The Morgan fingerprint density at radius 2 is 2.10 bits per heavy atom. The lowest BCUT2D eigenvalue weighted by Crippen LogP contribution is -2.34. The predicted octanol–water partition coefficient (Wildman–Crippen LogP) is 1.50. The summed E-state index contributed by atoms with van der Waals surface area (Å²) in [6, 6.07) is 0. The van der Waals surface area contributed by atoms with Crippen LogP contribution in [0.5, 0.6) is 0 Å². The molecule has 1 amide bonds. The zero-order valence-corrected chi connectivity index (χ0v) is 14.4. The van der Waals surface area contributed by atoms with Crippen LogP contribution in [0, 0.1) is 12.3 Å². The van der Waals surface area contributed by atoms with Crippen LogP contribution in [-0.2, 0) is 14.8 Å². The van der Waals surface area contributed by atoms with E-state index in [1.165, 1.54) is 5.38 Å². The summed E-state index contributed by atoms with van der Waals surface area (Å²) in [6.45, 7) is 6.75. The number of ether oxygens (including phenoxy) is 1. The first-order chi connectivity index (χ1) is 9.58. The maximum atomic E-state index is 12.2. The molecule has 0 bridgehead atoms. The maximum Gasteiger partial charge on any atom is 0.252 e. The van der Waals surface area contributed by atoms with Crippen LogP contribution in [0.4, 0.5) is 0 Å². The summed E-state index contributed by atoms with van der Waals surface area (Å²) in [5.41, 5.74) is 0.652. The van der Waals surface area contributed by atoms with E-state index in [1.807, 2.05) is 13.8 Å². The molecule has 0 fully saturated rings. The number of thiophene rings is 1. The van der Waals surface area contributed by atoms with Gasteiger partial charge in [0.1, 0.15) is 4.21 Å². The second-order valence-electron chi connectivity index (χ2n) is 5.70. The third-order valence-electron chi connectivity index (χ3n) is 3.21. The molecule has 1 aromatic heterocycles. The molecule has 0 aliphatic carbocycles. The zero-order chi connectivity index (χ0) is 16.3. The molecular weight excluding hydrogens is 312 g/mol. The number of carbonyl (C=O) groups excluding carboxylic acids is 1. The number of hydrogen-bond donors (Lipinski definition) is 2. The van der Waals surface area contributed by atoms with E-state index in [9.17, 15) is 13.2 Å². The fourth-order valence-electron chi connectivity index (χ4n) is 1.78. The summed E-state index contributed by atoms with van der Waals surface area (Å²) < 4.78 is 27.8. The van der Waals surface area contributed by atoms with Crippen molar-refractivity contribution in [3.8, 4) is 0 Å². The summed E-state index contributed by atoms with van der Waals surface area (Å²) in [5, 5.41) is 9.46. The molecule has 21 heavy (non-hydrogen) atoms. The van der Waals surface area contributed by atoms with Gasteiger partial charge in [-0.1, -0.05) is 13.8 Å². The summed E-state index contributed by atoms with van der Waals surface area (Å²) >= 11 is 0.965. The van der Waals surface area contributed by atoms with Crippen LogP contribution in [0.15, 0.2) is 9.59 Å². The standard InChI is InChI=1S/C13H22N2O4S2/c1-9-10(7-20-12(9)21(14,17)18)11(16)15-8-13(2,3)5-6-19-4/h7H,5-6,8H2,1-4H3,(H,15,16)(H2,14,17,18). The molecule has 6 nitrogen and oxygen atoms in total. The Kier molecular flexibility index (Phi) is 5.92. The van der Waals surface area contributed by atoms with E-state index in [1.54, 1.807) is 14.0 Å². The fraction of sp³-hybridized carbons (Fsp3) is 0.615. The monoisotopic (exact) mass is 334 g/mol. The molecule has 1 aromatic rings. The third-order valence-corrected chi connectivity index (χ3v) is 5.89. The van der Waals surface area contributed by atoms with Crippen molar-refractivity contribution in [2.45, 2.75) is 31.4 Å². The highest BCUT2D eigenvalue weighted by molar-refractivity contribution is 7.91. The Morgan fingerprint density at radius 3 is 2.57 bits per heavy atom. The predicted molar refractivity (Wildman–Crippen MR) is 83.0 cm³/mol. The minimum Gasteiger partial charge on any atom is -0.385 e. The minimum absolute atomic E-state index is 0.0336. The number of carbonyl (C=O) groups is 1. The molecule has 1 heterocycles. The summed E-state index contributed by atoms with van der Waals surface area (Å²) in [7, 11) is -2.14. The number of methoxy groups -OCH3 is 1. The lowest BCUT2D eigenvalue weighted by molar-refractivity contribution is 0.0920. The maximum absolute atomic E-state index is 12.2. The first-order valence-electron chi connectivity index (χ1n) is 6.46. The molecule has 0 radical (unpaired) electrons. The normalized spacial score (nSPS) is 12.4. The van der Waals surface area contributed by atoms with Gasteiger partial charge in [-0.05, 0) is 24.3 Å². The molecule has 0 saturated heterocycles. The van der Waals surface area contributed by atoms with Gasteiger partial charge in [-0.2, -0.15) is 0 Å². The smallest absolute Gasteiger partial charge is 0.252 e. The highest BCUT2D eigenvalue weighted by Gasteiger charge is 2.23. The van der Waals surface area contributed by atoms with Crippen LogP contribution < -0.4 is 10.5 Å². The van der Waals surface area contributed by atoms with Crippen molar-refractivity contribution in [2.24, 2.45) is 10.6 Å². The van der Waals surface area contributed by atoms with Crippen LogP contribution in [0.1, 0.15) is 36.2 Å². The molecule has 0 atom stereocenters. The molecule has 0 aromatic carbocycles. The van der Waals surface area contributed by atoms with Crippen molar-refractivity contribution in [1.29, 1.82) is 0 Å². The number of primary sulfonamides is 1. The highest BCUT2D eigenvalue weighted by atomic mass is 32.2. The van der Waals surface area contributed by atoms with Gasteiger partial charge >= 0.3 is 0 Å². The zero-order valence-electron chi connectivity index (χ0n) is 12.7. The van der Waals surface area contributed by atoms with E-state index >= 15 is 0 Å². The third kappa shape index (κ3) is 5.06. The number of amides is 1. The van der Waals surface area contributed by atoms with Crippen molar-refractivity contribution < 1.29 is 17.9 Å². The van der Waals surface area contributed by atoms with Gasteiger partial charge in [0, 0.05) is 25.6 Å². The van der Waals surface area contributed by atoms with E-state index in [2.05, 4.69) is 5.32 Å². The lowest BCUT2D eigenvalue weighted by atomic mass is 9.89. The molecule has 0 saturated carbocycles. The van der Waals surface area contributed by atoms with Crippen molar-refractivity contribution in [1.82, 2.24) is 5.32 Å². The van der Waals surface area contributed by atoms with Crippen LogP contribution in [0.2, 0.25) is 0 Å². The van der Waals surface area contributed by atoms with E-state index < -0.39 is 10.0 Å². The van der Waals surface area contributed by atoms with Crippen LogP contribution in [-0.4, -0.2) is 34.6 Å². The quantitative estimate of drug-likeness (QED) is 0.789. The number of rotatable bonds is 7. The second-order valence-corrected chi connectivity index (χ2v) is 8.33. The van der Waals surface area contributed by atoms with Crippen LogP contribution in [0.3, 0.4) is 0 Å². The average molecular weight is 334 g/mol. The molecule has 120 valence electrons. The van der Waals surface area contributed by atoms with Crippen molar-refractivity contribution in [2.75, 3.05) is 20.3 Å². The van der Waals surface area contributed by atoms with Crippen LogP contribution >= 0.6 is 11.3 Å². The van der Waals surface area contributed by atoms with E-state index in [0.29, 0.717) is 24.3 Å².